The molecule has 0 aliphatic carbocycles. The first-order valence-corrected chi connectivity index (χ1v) is 11.0. The molecular weight excluding hydrogens is 394 g/mol. The maximum atomic E-state index is 12.1. The lowest BCUT2D eigenvalue weighted by Gasteiger charge is -2.33. The number of nitrogens with one attached hydrogen (secondary N) is 1. The maximum absolute atomic E-state index is 12.1. The molecule has 3 aromatic rings. The first-order valence-electron chi connectivity index (χ1n) is 11.0. The van der Waals surface area contributed by atoms with Crippen molar-refractivity contribution in [2.45, 2.75) is 52.0 Å². The molecule has 3 nitrogen and oxygen atoms in total. The molecule has 166 valence electrons. The summed E-state index contributed by atoms with van der Waals surface area (Å²) in [7, 11) is 0. The van der Waals surface area contributed by atoms with Gasteiger partial charge in [-0.2, -0.15) is 0 Å². The van der Waals surface area contributed by atoms with E-state index < -0.39 is 10.8 Å². The number of carbonyl (C=O) groups is 1. The molecule has 0 aliphatic rings. The van der Waals surface area contributed by atoms with Gasteiger partial charge >= 0.3 is 0 Å². The van der Waals surface area contributed by atoms with Crippen LogP contribution >= 0.6 is 0 Å². The van der Waals surface area contributed by atoms with Crippen LogP contribution in [-0.4, -0.2) is 11.0 Å². The monoisotopic (exact) mass is 427 g/mol. The van der Waals surface area contributed by atoms with Crippen LogP contribution in [0.1, 0.15) is 62.4 Å². The molecule has 0 aliphatic heterocycles. The Hall–Kier alpha value is -3.33. The number of benzene rings is 3. The Kier molecular flexibility index (Phi) is 6.59. The van der Waals surface area contributed by atoms with E-state index in [2.05, 4.69) is 63.9 Å². The minimum absolute atomic E-state index is 0.175. The van der Waals surface area contributed by atoms with Crippen LogP contribution < -0.4 is 5.32 Å². The van der Waals surface area contributed by atoms with Crippen molar-refractivity contribution in [2.75, 3.05) is 0 Å². The second-order valence-corrected chi connectivity index (χ2v) is 9.48. The van der Waals surface area contributed by atoms with Gasteiger partial charge in [-0.3, -0.25) is 4.79 Å². The highest BCUT2D eigenvalue weighted by atomic mass is 16.3. The third-order valence-corrected chi connectivity index (χ3v) is 6.35. The lowest BCUT2D eigenvalue weighted by Crippen LogP contribution is -2.26. The fraction of sp³-hybridized carbons (Fsp3) is 0.276. The van der Waals surface area contributed by atoms with Crippen LogP contribution in [0.3, 0.4) is 0 Å². The maximum Gasteiger partial charge on any atom is 0.246 e. The number of hydrogen-bond donors (Lipinski definition) is 2. The van der Waals surface area contributed by atoms with Gasteiger partial charge in [0.05, 0.1) is 0 Å². The van der Waals surface area contributed by atoms with Gasteiger partial charge in [0.15, 0.2) is 0 Å². The average molecular weight is 428 g/mol. The number of amides is 1. The first-order chi connectivity index (χ1) is 15.0. The Bertz CT molecular complexity index is 1040. The van der Waals surface area contributed by atoms with Crippen LogP contribution in [0.2, 0.25) is 0 Å². The highest BCUT2D eigenvalue weighted by molar-refractivity contribution is 5.92. The number of carbonyl (C=O) groups excluding carboxylic acids is 1. The third-order valence-electron chi connectivity index (χ3n) is 6.35. The summed E-state index contributed by atoms with van der Waals surface area (Å²) < 4.78 is 0. The van der Waals surface area contributed by atoms with Crippen molar-refractivity contribution >= 4 is 5.91 Å². The zero-order valence-electron chi connectivity index (χ0n) is 19.7. The molecule has 0 heterocycles. The van der Waals surface area contributed by atoms with Crippen LogP contribution in [0.25, 0.3) is 0 Å². The summed E-state index contributed by atoms with van der Waals surface area (Å²) in [4.78, 5) is 12.1. The molecule has 3 aromatic carbocycles. The fourth-order valence-corrected chi connectivity index (χ4v) is 4.10. The van der Waals surface area contributed by atoms with Crippen molar-refractivity contribution in [1.29, 1.82) is 0 Å². The van der Waals surface area contributed by atoms with Crippen LogP contribution in [-0.2, 0) is 22.2 Å². The topological polar surface area (TPSA) is 49.3 Å². The number of phenolic OH excluding ortho intramolecular Hbond substituents is 1. The average Bonchev–Trinajstić information content (AvgIpc) is 2.78. The van der Waals surface area contributed by atoms with E-state index in [9.17, 15) is 9.90 Å². The normalized spacial score (nSPS) is 11.8. The van der Waals surface area contributed by atoms with Crippen molar-refractivity contribution in [3.63, 3.8) is 0 Å². The minimum Gasteiger partial charge on any atom is -0.507 e. The van der Waals surface area contributed by atoms with Gasteiger partial charge in [0.2, 0.25) is 5.91 Å². The Labute approximate surface area is 191 Å². The van der Waals surface area contributed by atoms with Crippen molar-refractivity contribution in [3.8, 4) is 5.75 Å². The van der Waals surface area contributed by atoms with Crippen molar-refractivity contribution in [1.82, 2.24) is 5.32 Å². The number of phenols is 1. The van der Waals surface area contributed by atoms with Crippen molar-refractivity contribution in [2.24, 2.45) is 0 Å². The minimum atomic E-state index is -0.429. The Morgan fingerprint density at radius 1 is 0.844 bits per heavy atom. The van der Waals surface area contributed by atoms with E-state index in [0.717, 1.165) is 27.8 Å². The first kappa shape index (κ1) is 23.3. The van der Waals surface area contributed by atoms with Crippen LogP contribution in [0.5, 0.6) is 5.75 Å². The zero-order chi connectivity index (χ0) is 23.5. The van der Waals surface area contributed by atoms with Gasteiger partial charge in [-0.15, -0.1) is 0 Å². The number of rotatable bonds is 7. The molecule has 0 fully saturated rings. The van der Waals surface area contributed by atoms with Gasteiger partial charge in [0.1, 0.15) is 5.75 Å². The van der Waals surface area contributed by atoms with Crippen molar-refractivity contribution < 1.29 is 9.90 Å². The third kappa shape index (κ3) is 4.62. The molecule has 0 saturated carbocycles. The van der Waals surface area contributed by atoms with E-state index in [1.165, 1.54) is 0 Å². The Balaban J connectivity index is 2.18. The summed E-state index contributed by atoms with van der Waals surface area (Å²) in [6.45, 7) is 14.3. The molecule has 0 spiro atoms. The van der Waals surface area contributed by atoms with Gasteiger partial charge in [-0.1, -0.05) is 94.9 Å². The molecular formula is C29H33NO2. The molecule has 0 radical (unpaired) electrons. The van der Waals surface area contributed by atoms with Gasteiger partial charge in [-0.05, 0) is 35.7 Å². The van der Waals surface area contributed by atoms with Gasteiger partial charge < -0.3 is 10.4 Å². The highest BCUT2D eigenvalue weighted by Gasteiger charge is 2.33. The highest BCUT2D eigenvalue weighted by Crippen LogP contribution is 2.44. The van der Waals surface area contributed by atoms with E-state index >= 15 is 0 Å². The largest absolute Gasteiger partial charge is 0.507 e. The molecule has 0 atom stereocenters. The SMILES string of the molecule is C=C(C)C(=O)NCc1cc(C(C)(C)c2ccccc2)c(O)c(C(C)(C)c2ccccc2)c1. The van der Waals surface area contributed by atoms with Crippen molar-refractivity contribution in [3.05, 3.63) is 113 Å². The summed E-state index contributed by atoms with van der Waals surface area (Å²) in [5.41, 5.74) is 4.45. The van der Waals surface area contributed by atoms with Gasteiger partial charge in [0, 0.05) is 34.1 Å². The summed E-state index contributed by atoms with van der Waals surface area (Å²) in [5.74, 6) is 0.119. The van der Waals surface area contributed by atoms with E-state index in [0.29, 0.717) is 17.9 Å². The molecule has 0 bridgehead atoms. The smallest absolute Gasteiger partial charge is 0.246 e. The van der Waals surface area contributed by atoms with E-state index in [1.54, 1.807) is 6.92 Å². The van der Waals surface area contributed by atoms with Crippen LogP contribution in [0.15, 0.2) is 84.9 Å². The number of aromatic hydroxyl groups is 1. The molecule has 0 unspecified atom stereocenters. The molecule has 3 heteroatoms. The second-order valence-electron chi connectivity index (χ2n) is 9.48. The molecule has 1 amide bonds. The Morgan fingerprint density at radius 2 is 1.25 bits per heavy atom. The van der Waals surface area contributed by atoms with Crippen LogP contribution in [0.4, 0.5) is 0 Å². The lowest BCUT2D eigenvalue weighted by molar-refractivity contribution is -0.117. The quantitative estimate of drug-likeness (QED) is 0.439. The fourth-order valence-electron chi connectivity index (χ4n) is 4.10. The molecule has 32 heavy (non-hydrogen) atoms. The molecule has 0 saturated heterocycles. The predicted octanol–water partition coefficient (Wildman–Crippen LogP) is 6.24. The summed E-state index contributed by atoms with van der Waals surface area (Å²) in [6, 6.07) is 24.4. The summed E-state index contributed by atoms with van der Waals surface area (Å²) in [6.07, 6.45) is 0. The van der Waals surface area contributed by atoms with Crippen LogP contribution in [0, 0.1) is 0 Å². The van der Waals surface area contributed by atoms with E-state index in [1.807, 2.05) is 48.5 Å². The predicted molar refractivity (Wildman–Crippen MR) is 132 cm³/mol. The molecule has 2 N–H and O–H groups in total. The second kappa shape index (κ2) is 9.04. The lowest BCUT2D eigenvalue weighted by atomic mass is 9.71. The standard InChI is InChI=1S/C29H33NO2/c1-20(2)27(32)30-19-21-17-24(28(3,4)22-13-9-7-10-14-22)26(31)25(18-21)29(5,6)23-15-11-8-12-16-23/h7-18,31H,1,19H2,2-6H3,(H,30,32). The molecule has 3 rings (SSSR count). The zero-order valence-corrected chi connectivity index (χ0v) is 19.7. The molecule has 0 aromatic heterocycles. The van der Waals surface area contributed by atoms with Gasteiger partial charge in [-0.25, -0.2) is 0 Å². The Morgan fingerprint density at radius 3 is 1.62 bits per heavy atom. The number of hydrogen-bond acceptors (Lipinski definition) is 2. The summed E-state index contributed by atoms with van der Waals surface area (Å²) >= 11 is 0. The van der Waals surface area contributed by atoms with E-state index in [-0.39, 0.29) is 5.91 Å². The van der Waals surface area contributed by atoms with E-state index in [4.69, 9.17) is 0 Å². The van der Waals surface area contributed by atoms with Gasteiger partial charge in [0.25, 0.3) is 0 Å². The summed E-state index contributed by atoms with van der Waals surface area (Å²) in [5, 5.41) is 14.5.